The molecule has 5 nitrogen and oxygen atoms in total. The maximum absolute atomic E-state index is 12.3. The molecule has 0 aliphatic carbocycles. The van der Waals surface area contributed by atoms with Crippen LogP contribution >= 0.6 is 23.1 Å². The van der Waals surface area contributed by atoms with Crippen LogP contribution in [0, 0.1) is 0 Å². The maximum atomic E-state index is 12.3. The number of hydrogen-bond donors (Lipinski definition) is 1. The minimum absolute atomic E-state index is 0.291. The summed E-state index contributed by atoms with van der Waals surface area (Å²) in [6, 6.07) is 10.8. The summed E-state index contributed by atoms with van der Waals surface area (Å²) in [7, 11) is 0. The van der Waals surface area contributed by atoms with Gasteiger partial charge in [0.2, 0.25) is 5.91 Å². The van der Waals surface area contributed by atoms with Gasteiger partial charge in [0.15, 0.2) is 0 Å². The standard InChI is InChI=1S/C16H12N2O3S2/c19-14(17-12-4-2-1-3-5-12)9-18-15(20)13(23-16(18)21)8-11-6-7-22-10-11/h1-8,10H,9H2,(H,17,19)/b13-8-. The van der Waals surface area contributed by atoms with Gasteiger partial charge in [0.05, 0.1) is 4.91 Å². The Balaban J connectivity index is 1.67. The lowest BCUT2D eigenvalue weighted by Gasteiger charge is -2.12. The molecule has 0 saturated carbocycles. The van der Waals surface area contributed by atoms with E-state index in [1.165, 1.54) is 11.3 Å². The van der Waals surface area contributed by atoms with Crippen LogP contribution in [-0.2, 0) is 9.59 Å². The molecule has 1 aromatic heterocycles. The molecule has 0 atom stereocenters. The molecule has 1 fully saturated rings. The zero-order valence-electron chi connectivity index (χ0n) is 11.9. The molecule has 1 saturated heterocycles. The van der Waals surface area contributed by atoms with Crippen LogP contribution in [0.15, 0.2) is 52.1 Å². The Hall–Kier alpha value is -2.38. The number of imide groups is 1. The van der Waals surface area contributed by atoms with Crippen molar-refractivity contribution in [3.05, 3.63) is 57.6 Å². The predicted octanol–water partition coefficient (Wildman–Crippen LogP) is 3.42. The largest absolute Gasteiger partial charge is 0.325 e. The number of hydrogen-bond acceptors (Lipinski definition) is 5. The highest BCUT2D eigenvalue weighted by atomic mass is 32.2. The fourth-order valence-electron chi connectivity index (χ4n) is 2.01. The van der Waals surface area contributed by atoms with Gasteiger partial charge in [0.25, 0.3) is 11.1 Å². The van der Waals surface area contributed by atoms with Crippen LogP contribution in [0.1, 0.15) is 5.56 Å². The van der Waals surface area contributed by atoms with Crippen molar-refractivity contribution in [3.63, 3.8) is 0 Å². The fourth-order valence-corrected chi connectivity index (χ4v) is 3.47. The topological polar surface area (TPSA) is 66.5 Å². The van der Waals surface area contributed by atoms with Crippen LogP contribution in [0.5, 0.6) is 0 Å². The molecule has 2 heterocycles. The van der Waals surface area contributed by atoms with E-state index < -0.39 is 17.1 Å². The van der Waals surface area contributed by atoms with E-state index in [0.717, 1.165) is 22.2 Å². The highest BCUT2D eigenvalue weighted by molar-refractivity contribution is 8.18. The summed E-state index contributed by atoms with van der Waals surface area (Å²) in [5, 5.41) is 6.00. The van der Waals surface area contributed by atoms with Crippen LogP contribution in [0.4, 0.5) is 10.5 Å². The number of nitrogens with zero attached hydrogens (tertiary/aromatic N) is 1. The van der Waals surface area contributed by atoms with Gasteiger partial charge in [-0.2, -0.15) is 11.3 Å². The molecule has 0 radical (unpaired) electrons. The second-order valence-corrected chi connectivity index (χ2v) is 6.51. The van der Waals surface area contributed by atoms with E-state index in [2.05, 4.69) is 5.32 Å². The summed E-state index contributed by atoms with van der Waals surface area (Å²) in [6.45, 7) is -0.291. The number of thioether (sulfide) groups is 1. The lowest BCUT2D eigenvalue weighted by molar-refractivity contribution is -0.127. The molecule has 3 amide bonds. The molecule has 2 aromatic rings. The van der Waals surface area contributed by atoms with Crippen molar-refractivity contribution in [2.75, 3.05) is 11.9 Å². The fraction of sp³-hybridized carbons (Fsp3) is 0.0625. The van der Waals surface area contributed by atoms with E-state index in [0.29, 0.717) is 10.6 Å². The summed E-state index contributed by atoms with van der Waals surface area (Å²) in [5.41, 5.74) is 1.49. The first kappa shape index (κ1) is 15.5. The molecule has 0 unspecified atom stereocenters. The molecule has 1 aliphatic rings. The van der Waals surface area contributed by atoms with E-state index in [9.17, 15) is 14.4 Å². The molecule has 1 aliphatic heterocycles. The van der Waals surface area contributed by atoms with Gasteiger partial charge in [-0.25, -0.2) is 0 Å². The Morgan fingerprint density at radius 1 is 1.17 bits per heavy atom. The number of nitrogens with one attached hydrogen (secondary N) is 1. The number of amides is 3. The van der Waals surface area contributed by atoms with Crippen molar-refractivity contribution in [1.82, 2.24) is 4.90 Å². The Morgan fingerprint density at radius 3 is 2.65 bits per heavy atom. The quantitative estimate of drug-likeness (QED) is 0.863. The van der Waals surface area contributed by atoms with E-state index >= 15 is 0 Å². The Labute approximate surface area is 141 Å². The van der Waals surface area contributed by atoms with Crippen molar-refractivity contribution in [3.8, 4) is 0 Å². The van der Waals surface area contributed by atoms with E-state index in [4.69, 9.17) is 0 Å². The SMILES string of the molecule is O=C(CN1C(=O)S/C(=C\c2ccsc2)C1=O)Nc1ccccc1. The summed E-state index contributed by atoms with van der Waals surface area (Å²) in [4.78, 5) is 37.5. The third-order valence-electron chi connectivity index (χ3n) is 3.07. The molecule has 1 aromatic carbocycles. The lowest BCUT2D eigenvalue weighted by Crippen LogP contribution is -2.36. The maximum Gasteiger partial charge on any atom is 0.294 e. The molecule has 1 N–H and O–H groups in total. The summed E-state index contributed by atoms with van der Waals surface area (Å²) >= 11 is 2.36. The van der Waals surface area contributed by atoms with Gasteiger partial charge in [-0.05, 0) is 52.4 Å². The molecule has 0 spiro atoms. The average molecular weight is 344 g/mol. The van der Waals surface area contributed by atoms with Crippen molar-refractivity contribution >= 4 is 51.9 Å². The van der Waals surface area contributed by atoms with Gasteiger partial charge in [0, 0.05) is 5.69 Å². The molecular formula is C16H12N2O3S2. The van der Waals surface area contributed by atoms with Crippen molar-refractivity contribution < 1.29 is 14.4 Å². The van der Waals surface area contributed by atoms with Crippen LogP contribution in [0.25, 0.3) is 6.08 Å². The van der Waals surface area contributed by atoms with Gasteiger partial charge >= 0.3 is 0 Å². The third-order valence-corrected chi connectivity index (χ3v) is 4.68. The van der Waals surface area contributed by atoms with Gasteiger partial charge in [-0.15, -0.1) is 0 Å². The molecule has 7 heteroatoms. The molecule has 116 valence electrons. The van der Waals surface area contributed by atoms with E-state index in [-0.39, 0.29) is 6.54 Å². The van der Waals surface area contributed by atoms with Crippen molar-refractivity contribution in [2.24, 2.45) is 0 Å². The van der Waals surface area contributed by atoms with Crippen LogP contribution in [0.2, 0.25) is 0 Å². The monoisotopic (exact) mass is 344 g/mol. The normalized spacial score (nSPS) is 16.2. The van der Waals surface area contributed by atoms with Gasteiger partial charge in [0.1, 0.15) is 6.54 Å². The van der Waals surface area contributed by atoms with Gasteiger partial charge in [-0.1, -0.05) is 18.2 Å². The number of rotatable bonds is 4. The van der Waals surface area contributed by atoms with Crippen LogP contribution in [0.3, 0.4) is 0 Å². The Kier molecular flexibility index (Phi) is 4.59. The van der Waals surface area contributed by atoms with Crippen molar-refractivity contribution in [1.29, 1.82) is 0 Å². The molecule has 3 rings (SSSR count). The van der Waals surface area contributed by atoms with Gasteiger partial charge in [-0.3, -0.25) is 19.3 Å². The summed E-state index contributed by atoms with van der Waals surface area (Å²) < 4.78 is 0. The van der Waals surface area contributed by atoms with E-state index in [1.807, 2.05) is 22.9 Å². The second kappa shape index (κ2) is 6.80. The Morgan fingerprint density at radius 2 is 1.96 bits per heavy atom. The first-order chi connectivity index (χ1) is 11.1. The number of carbonyl (C=O) groups excluding carboxylic acids is 3. The lowest BCUT2D eigenvalue weighted by atomic mass is 10.3. The van der Waals surface area contributed by atoms with E-state index in [1.54, 1.807) is 30.3 Å². The molecular weight excluding hydrogens is 332 g/mol. The zero-order chi connectivity index (χ0) is 16.2. The number of anilines is 1. The van der Waals surface area contributed by atoms with Gasteiger partial charge < -0.3 is 5.32 Å². The third kappa shape index (κ3) is 3.69. The highest BCUT2D eigenvalue weighted by Crippen LogP contribution is 2.32. The highest BCUT2D eigenvalue weighted by Gasteiger charge is 2.36. The number of benzene rings is 1. The zero-order valence-corrected chi connectivity index (χ0v) is 13.5. The summed E-state index contributed by atoms with van der Waals surface area (Å²) in [5.74, 6) is -0.843. The Bertz CT molecular complexity index is 770. The smallest absolute Gasteiger partial charge is 0.294 e. The predicted molar refractivity (Wildman–Crippen MR) is 92.1 cm³/mol. The van der Waals surface area contributed by atoms with Crippen LogP contribution < -0.4 is 5.32 Å². The molecule has 0 bridgehead atoms. The number of para-hydroxylation sites is 1. The van der Waals surface area contributed by atoms with Crippen LogP contribution in [-0.4, -0.2) is 28.5 Å². The van der Waals surface area contributed by atoms with Crippen molar-refractivity contribution in [2.45, 2.75) is 0 Å². The average Bonchev–Trinajstić information content (AvgIpc) is 3.13. The second-order valence-electron chi connectivity index (χ2n) is 4.74. The molecule has 23 heavy (non-hydrogen) atoms. The number of carbonyl (C=O) groups is 3. The minimum atomic E-state index is -0.436. The summed E-state index contributed by atoms with van der Waals surface area (Å²) in [6.07, 6.45) is 1.66. The first-order valence-electron chi connectivity index (χ1n) is 6.76. The minimum Gasteiger partial charge on any atom is -0.325 e. The first-order valence-corrected chi connectivity index (χ1v) is 8.52. The number of thiophene rings is 1.